The maximum atomic E-state index is 11.9. The summed E-state index contributed by atoms with van der Waals surface area (Å²) in [6.45, 7) is 6.07. The Bertz CT molecular complexity index is 632. The fourth-order valence-electron chi connectivity index (χ4n) is 1.92. The molecule has 0 radical (unpaired) electrons. The highest BCUT2D eigenvalue weighted by molar-refractivity contribution is 6.30. The van der Waals surface area contributed by atoms with Gasteiger partial charge in [0, 0.05) is 29.0 Å². The van der Waals surface area contributed by atoms with Crippen LogP contribution in [-0.2, 0) is 11.2 Å². The Hall–Kier alpha value is -1.81. The summed E-state index contributed by atoms with van der Waals surface area (Å²) < 4.78 is 5.68. The maximum absolute atomic E-state index is 11.9. The molecule has 1 heterocycles. The van der Waals surface area contributed by atoms with Gasteiger partial charge in [-0.3, -0.25) is 4.79 Å². The molecule has 0 bridgehead atoms. The molecule has 0 aliphatic heterocycles. The number of halogens is 1. The quantitative estimate of drug-likeness (QED) is 0.866. The van der Waals surface area contributed by atoms with E-state index in [9.17, 15) is 4.79 Å². The first kappa shape index (κ1) is 16.6. The van der Waals surface area contributed by atoms with Gasteiger partial charge in [-0.15, -0.1) is 0 Å². The maximum Gasteiger partial charge on any atom is 0.220 e. The van der Waals surface area contributed by atoms with E-state index in [4.69, 9.17) is 16.0 Å². The molecule has 0 saturated carbocycles. The van der Waals surface area contributed by atoms with Gasteiger partial charge >= 0.3 is 0 Å². The molecule has 5 heteroatoms. The Morgan fingerprint density at radius 3 is 2.64 bits per heavy atom. The first-order chi connectivity index (χ1) is 10.4. The van der Waals surface area contributed by atoms with Crippen LogP contribution in [0.4, 0.5) is 0 Å². The number of nitrogens with zero attached hydrogens (tertiary/aromatic N) is 1. The Kier molecular flexibility index (Phi) is 5.24. The monoisotopic (exact) mass is 320 g/mol. The van der Waals surface area contributed by atoms with Crippen LogP contribution in [0.15, 0.2) is 34.9 Å². The average molecular weight is 321 g/mol. The van der Waals surface area contributed by atoms with Gasteiger partial charge < -0.3 is 9.73 Å². The highest BCUT2D eigenvalue weighted by Gasteiger charge is 2.18. The van der Waals surface area contributed by atoms with Crippen LogP contribution in [0.1, 0.15) is 39.5 Å². The number of aryl methyl sites for hydroxylation is 1. The molecule has 1 aromatic carbocycles. The normalized spacial score (nSPS) is 11.5. The van der Waals surface area contributed by atoms with Gasteiger partial charge in [0.05, 0.1) is 6.20 Å². The molecule has 1 amide bonds. The van der Waals surface area contributed by atoms with Crippen LogP contribution in [0.2, 0.25) is 5.02 Å². The Labute approximate surface area is 135 Å². The summed E-state index contributed by atoms with van der Waals surface area (Å²) in [7, 11) is 0. The minimum Gasteiger partial charge on any atom is -0.441 e. The third-order valence-electron chi connectivity index (χ3n) is 3.61. The van der Waals surface area contributed by atoms with E-state index in [0.29, 0.717) is 29.5 Å². The SMILES string of the molecule is CCC(C)(C)NC(=O)CCc1ncc(-c2ccc(Cl)cc2)o1. The lowest BCUT2D eigenvalue weighted by Gasteiger charge is -2.24. The summed E-state index contributed by atoms with van der Waals surface area (Å²) in [4.78, 5) is 16.1. The van der Waals surface area contributed by atoms with Gasteiger partial charge in [0.15, 0.2) is 11.7 Å². The van der Waals surface area contributed by atoms with E-state index < -0.39 is 0 Å². The Morgan fingerprint density at radius 2 is 2.00 bits per heavy atom. The third kappa shape index (κ3) is 4.60. The summed E-state index contributed by atoms with van der Waals surface area (Å²) in [6, 6.07) is 7.37. The first-order valence-corrected chi connectivity index (χ1v) is 7.79. The number of aromatic nitrogens is 1. The van der Waals surface area contributed by atoms with Gasteiger partial charge in [0.25, 0.3) is 0 Å². The van der Waals surface area contributed by atoms with Crippen molar-refractivity contribution in [1.82, 2.24) is 10.3 Å². The molecule has 0 aliphatic rings. The average Bonchev–Trinajstić information content (AvgIpc) is 2.94. The molecule has 0 aliphatic carbocycles. The Morgan fingerprint density at radius 1 is 1.32 bits per heavy atom. The highest BCUT2D eigenvalue weighted by Crippen LogP contribution is 2.22. The van der Waals surface area contributed by atoms with Crippen molar-refractivity contribution in [2.75, 3.05) is 0 Å². The lowest BCUT2D eigenvalue weighted by Crippen LogP contribution is -2.42. The van der Waals surface area contributed by atoms with Crippen LogP contribution in [0.25, 0.3) is 11.3 Å². The van der Waals surface area contributed by atoms with Gasteiger partial charge in [0.2, 0.25) is 5.91 Å². The molecule has 4 nitrogen and oxygen atoms in total. The van der Waals surface area contributed by atoms with E-state index in [1.807, 2.05) is 32.9 Å². The molecule has 0 spiro atoms. The fourth-order valence-corrected chi connectivity index (χ4v) is 2.05. The van der Waals surface area contributed by atoms with E-state index in [-0.39, 0.29) is 11.4 Å². The lowest BCUT2D eigenvalue weighted by atomic mass is 10.0. The zero-order valence-corrected chi connectivity index (χ0v) is 13.9. The predicted molar refractivity (Wildman–Crippen MR) is 87.8 cm³/mol. The topological polar surface area (TPSA) is 55.1 Å². The van der Waals surface area contributed by atoms with Crippen LogP contribution in [0, 0.1) is 0 Å². The van der Waals surface area contributed by atoms with E-state index in [2.05, 4.69) is 10.3 Å². The van der Waals surface area contributed by atoms with Crippen molar-refractivity contribution in [3.63, 3.8) is 0 Å². The lowest BCUT2D eigenvalue weighted by molar-refractivity contribution is -0.122. The summed E-state index contributed by atoms with van der Waals surface area (Å²) in [5.74, 6) is 1.26. The second-order valence-electron chi connectivity index (χ2n) is 5.91. The van der Waals surface area contributed by atoms with Crippen molar-refractivity contribution in [2.24, 2.45) is 0 Å². The zero-order valence-electron chi connectivity index (χ0n) is 13.1. The van der Waals surface area contributed by atoms with Crippen LogP contribution in [-0.4, -0.2) is 16.4 Å². The fraction of sp³-hybridized carbons (Fsp3) is 0.412. The van der Waals surface area contributed by atoms with E-state index in [0.717, 1.165) is 12.0 Å². The van der Waals surface area contributed by atoms with Gasteiger partial charge in [-0.1, -0.05) is 18.5 Å². The summed E-state index contributed by atoms with van der Waals surface area (Å²) in [5, 5.41) is 3.68. The second kappa shape index (κ2) is 6.97. The molecule has 0 saturated heterocycles. The van der Waals surface area contributed by atoms with Crippen LogP contribution >= 0.6 is 11.6 Å². The molecular weight excluding hydrogens is 300 g/mol. The first-order valence-electron chi connectivity index (χ1n) is 7.41. The third-order valence-corrected chi connectivity index (χ3v) is 3.86. The summed E-state index contributed by atoms with van der Waals surface area (Å²) in [5.41, 5.74) is 0.738. The molecule has 2 aromatic rings. The second-order valence-corrected chi connectivity index (χ2v) is 6.35. The predicted octanol–water partition coefficient (Wildman–Crippen LogP) is 4.23. The standard InChI is InChI=1S/C17H21ClN2O2/c1-4-17(2,3)20-15(21)9-10-16-19-11-14(22-16)12-5-7-13(18)8-6-12/h5-8,11H,4,9-10H2,1-3H3,(H,20,21). The summed E-state index contributed by atoms with van der Waals surface area (Å²) in [6.07, 6.45) is 3.41. The molecule has 0 atom stereocenters. The molecule has 1 aromatic heterocycles. The van der Waals surface area contributed by atoms with Crippen molar-refractivity contribution < 1.29 is 9.21 Å². The van der Waals surface area contributed by atoms with Crippen LogP contribution in [0.5, 0.6) is 0 Å². The molecule has 2 rings (SSSR count). The minimum absolute atomic E-state index is 0.0121. The van der Waals surface area contributed by atoms with Gasteiger partial charge in [-0.25, -0.2) is 4.98 Å². The Balaban J connectivity index is 1.92. The van der Waals surface area contributed by atoms with Crippen LogP contribution in [0.3, 0.4) is 0 Å². The van der Waals surface area contributed by atoms with Crippen LogP contribution < -0.4 is 5.32 Å². The highest BCUT2D eigenvalue weighted by atomic mass is 35.5. The van der Waals surface area contributed by atoms with Gasteiger partial charge in [-0.2, -0.15) is 0 Å². The molecular formula is C17H21ClN2O2. The number of carbonyl (C=O) groups is 1. The molecule has 1 N–H and O–H groups in total. The number of rotatable bonds is 6. The van der Waals surface area contributed by atoms with E-state index in [1.54, 1.807) is 18.3 Å². The van der Waals surface area contributed by atoms with Gasteiger partial charge in [0.1, 0.15) is 0 Å². The number of carbonyl (C=O) groups excluding carboxylic acids is 1. The zero-order chi connectivity index (χ0) is 16.2. The number of amides is 1. The van der Waals surface area contributed by atoms with Gasteiger partial charge in [-0.05, 0) is 44.5 Å². The summed E-state index contributed by atoms with van der Waals surface area (Å²) >= 11 is 5.86. The van der Waals surface area contributed by atoms with Crippen molar-refractivity contribution in [3.05, 3.63) is 41.4 Å². The number of hydrogen-bond acceptors (Lipinski definition) is 3. The number of oxazole rings is 1. The van der Waals surface area contributed by atoms with E-state index >= 15 is 0 Å². The van der Waals surface area contributed by atoms with E-state index in [1.165, 1.54) is 0 Å². The minimum atomic E-state index is -0.178. The van der Waals surface area contributed by atoms with Crippen molar-refractivity contribution in [3.8, 4) is 11.3 Å². The molecule has 22 heavy (non-hydrogen) atoms. The molecule has 0 unspecified atom stereocenters. The number of hydrogen-bond donors (Lipinski definition) is 1. The molecule has 118 valence electrons. The smallest absolute Gasteiger partial charge is 0.220 e. The van der Waals surface area contributed by atoms with Crippen molar-refractivity contribution in [2.45, 2.75) is 45.6 Å². The largest absolute Gasteiger partial charge is 0.441 e. The van der Waals surface area contributed by atoms with Crippen molar-refractivity contribution in [1.29, 1.82) is 0 Å². The van der Waals surface area contributed by atoms with Crippen molar-refractivity contribution >= 4 is 17.5 Å². The number of nitrogens with one attached hydrogen (secondary N) is 1. The number of benzene rings is 1. The molecule has 0 fully saturated rings.